The molecule has 0 saturated carbocycles. The number of aromatic nitrogens is 2. The van der Waals surface area contributed by atoms with Crippen LogP contribution in [0.15, 0.2) is 60.7 Å². The molecule has 2 heterocycles. The highest BCUT2D eigenvalue weighted by molar-refractivity contribution is 5.97. The lowest BCUT2D eigenvalue weighted by molar-refractivity contribution is -0.123. The number of nitrogens with zero attached hydrogens (tertiary/aromatic N) is 2. The molecule has 0 aliphatic carbocycles. The van der Waals surface area contributed by atoms with E-state index in [0.29, 0.717) is 11.3 Å². The standard InChI is InChI=1S/C22H20F2N4O2/c1-22(23,24)16-7-5-6-14(10-16)18-12-19(26-21(30)15-11-20(29)25-13-15)27-28(18)17-8-3-2-4-9-17/h2-10,12,15H,11,13H2,1H3,(H,25,29)(H,26,27,30)/t15-/m1/s1. The van der Waals surface area contributed by atoms with Crippen molar-refractivity contribution in [2.75, 3.05) is 11.9 Å². The second-order valence-corrected chi connectivity index (χ2v) is 7.33. The largest absolute Gasteiger partial charge is 0.355 e. The molecular formula is C22H20F2N4O2. The van der Waals surface area contributed by atoms with Gasteiger partial charge < -0.3 is 10.6 Å². The molecule has 3 aromatic rings. The summed E-state index contributed by atoms with van der Waals surface area (Å²) in [6, 6.07) is 16.9. The molecule has 2 aromatic carbocycles. The number of para-hydroxylation sites is 1. The highest BCUT2D eigenvalue weighted by Crippen LogP contribution is 2.32. The lowest BCUT2D eigenvalue weighted by atomic mass is 10.0. The number of benzene rings is 2. The van der Waals surface area contributed by atoms with Crippen molar-refractivity contribution in [2.24, 2.45) is 5.92 Å². The predicted molar refractivity (Wildman–Crippen MR) is 108 cm³/mol. The number of alkyl halides is 2. The predicted octanol–water partition coefficient (Wildman–Crippen LogP) is 3.73. The Morgan fingerprint density at radius 3 is 2.60 bits per heavy atom. The average molecular weight is 410 g/mol. The van der Waals surface area contributed by atoms with Crippen LogP contribution in [0.3, 0.4) is 0 Å². The van der Waals surface area contributed by atoms with Crippen LogP contribution in [0, 0.1) is 5.92 Å². The Morgan fingerprint density at radius 2 is 1.93 bits per heavy atom. The minimum atomic E-state index is -2.98. The third kappa shape index (κ3) is 4.07. The zero-order chi connectivity index (χ0) is 21.3. The molecule has 154 valence electrons. The van der Waals surface area contributed by atoms with Gasteiger partial charge in [-0.1, -0.05) is 36.4 Å². The van der Waals surface area contributed by atoms with Crippen molar-refractivity contribution in [1.82, 2.24) is 15.1 Å². The Kier molecular flexibility index (Phi) is 5.07. The Balaban J connectivity index is 1.72. The van der Waals surface area contributed by atoms with E-state index < -0.39 is 11.8 Å². The minimum Gasteiger partial charge on any atom is -0.355 e. The summed E-state index contributed by atoms with van der Waals surface area (Å²) in [6.45, 7) is 1.13. The van der Waals surface area contributed by atoms with Crippen molar-refractivity contribution >= 4 is 17.6 Å². The lowest BCUT2D eigenvalue weighted by Gasteiger charge is -2.13. The van der Waals surface area contributed by atoms with Crippen molar-refractivity contribution in [3.8, 4) is 16.9 Å². The summed E-state index contributed by atoms with van der Waals surface area (Å²) < 4.78 is 29.3. The number of hydrogen-bond acceptors (Lipinski definition) is 3. The van der Waals surface area contributed by atoms with Crippen molar-refractivity contribution < 1.29 is 18.4 Å². The first kappa shape index (κ1) is 19.8. The van der Waals surface area contributed by atoms with Crippen molar-refractivity contribution in [1.29, 1.82) is 0 Å². The molecule has 8 heteroatoms. The minimum absolute atomic E-state index is 0.109. The summed E-state index contributed by atoms with van der Waals surface area (Å²) in [5.74, 6) is -3.64. The van der Waals surface area contributed by atoms with Gasteiger partial charge in [0.2, 0.25) is 11.8 Å². The monoisotopic (exact) mass is 410 g/mol. The summed E-state index contributed by atoms with van der Waals surface area (Å²) in [6.07, 6.45) is 0.131. The zero-order valence-electron chi connectivity index (χ0n) is 16.2. The van der Waals surface area contributed by atoms with Gasteiger partial charge in [-0.05, 0) is 18.2 Å². The number of anilines is 1. The highest BCUT2D eigenvalue weighted by atomic mass is 19.3. The van der Waals surface area contributed by atoms with Gasteiger partial charge in [0.1, 0.15) is 0 Å². The van der Waals surface area contributed by atoms with Crippen LogP contribution in [0.25, 0.3) is 16.9 Å². The first-order valence-electron chi connectivity index (χ1n) is 9.53. The van der Waals surface area contributed by atoms with E-state index in [2.05, 4.69) is 15.7 Å². The van der Waals surface area contributed by atoms with Crippen LogP contribution in [-0.2, 0) is 15.5 Å². The van der Waals surface area contributed by atoms with E-state index in [1.54, 1.807) is 22.9 Å². The molecule has 0 bridgehead atoms. The Hall–Kier alpha value is -3.55. The average Bonchev–Trinajstić information content (AvgIpc) is 3.35. The van der Waals surface area contributed by atoms with Gasteiger partial charge in [0.05, 0.1) is 17.3 Å². The van der Waals surface area contributed by atoms with Gasteiger partial charge >= 0.3 is 0 Å². The molecule has 4 rings (SSSR count). The molecule has 6 nitrogen and oxygen atoms in total. The number of nitrogens with one attached hydrogen (secondary N) is 2. The van der Waals surface area contributed by atoms with Crippen LogP contribution >= 0.6 is 0 Å². The lowest BCUT2D eigenvalue weighted by Crippen LogP contribution is -2.24. The van der Waals surface area contributed by atoms with E-state index in [0.717, 1.165) is 12.6 Å². The topological polar surface area (TPSA) is 76.0 Å². The number of carbonyl (C=O) groups is 2. The summed E-state index contributed by atoms with van der Waals surface area (Å²) in [4.78, 5) is 23.9. The molecule has 0 radical (unpaired) electrons. The third-order valence-electron chi connectivity index (χ3n) is 4.97. The van der Waals surface area contributed by atoms with Crippen LogP contribution < -0.4 is 10.6 Å². The number of halogens is 2. The molecule has 1 aliphatic rings. The van der Waals surface area contributed by atoms with Crippen molar-refractivity contribution in [3.05, 3.63) is 66.2 Å². The fraction of sp³-hybridized carbons (Fsp3) is 0.227. The number of amides is 2. The highest BCUT2D eigenvalue weighted by Gasteiger charge is 2.29. The molecule has 30 heavy (non-hydrogen) atoms. The first-order chi connectivity index (χ1) is 14.3. The number of hydrogen-bond donors (Lipinski definition) is 2. The smallest absolute Gasteiger partial charge is 0.270 e. The van der Waals surface area contributed by atoms with E-state index in [1.165, 1.54) is 12.1 Å². The fourth-order valence-corrected chi connectivity index (χ4v) is 3.38. The zero-order valence-corrected chi connectivity index (χ0v) is 16.2. The van der Waals surface area contributed by atoms with E-state index in [9.17, 15) is 18.4 Å². The molecule has 1 aliphatic heterocycles. The van der Waals surface area contributed by atoms with E-state index in [4.69, 9.17) is 0 Å². The van der Waals surface area contributed by atoms with Crippen LogP contribution in [0.1, 0.15) is 18.9 Å². The van der Waals surface area contributed by atoms with E-state index in [-0.39, 0.29) is 36.2 Å². The van der Waals surface area contributed by atoms with Crippen molar-refractivity contribution in [3.63, 3.8) is 0 Å². The summed E-state index contributed by atoms with van der Waals surface area (Å²) in [5.41, 5.74) is 1.72. The Labute approximate surface area is 171 Å². The van der Waals surface area contributed by atoms with Crippen molar-refractivity contribution in [2.45, 2.75) is 19.3 Å². The van der Waals surface area contributed by atoms with Gasteiger partial charge in [0.15, 0.2) is 5.82 Å². The van der Waals surface area contributed by atoms with Crippen LogP contribution in [0.4, 0.5) is 14.6 Å². The quantitative estimate of drug-likeness (QED) is 0.673. The fourth-order valence-electron chi connectivity index (χ4n) is 3.38. The van der Waals surface area contributed by atoms with Gasteiger partial charge in [-0.15, -0.1) is 5.10 Å². The maximum Gasteiger partial charge on any atom is 0.270 e. The van der Waals surface area contributed by atoms with Crippen LogP contribution in [0.5, 0.6) is 0 Å². The molecule has 2 N–H and O–H groups in total. The van der Waals surface area contributed by atoms with E-state index in [1.807, 2.05) is 30.3 Å². The molecule has 1 fully saturated rings. The van der Waals surface area contributed by atoms with Gasteiger partial charge in [-0.25, -0.2) is 13.5 Å². The number of rotatable bonds is 5. The van der Waals surface area contributed by atoms with Gasteiger partial charge in [-0.3, -0.25) is 9.59 Å². The summed E-state index contributed by atoms with van der Waals surface area (Å²) >= 11 is 0. The Bertz CT molecular complexity index is 1090. The SMILES string of the molecule is CC(F)(F)c1cccc(-c2cc(NC(=O)[C@H]3CNC(=O)C3)nn2-c2ccccc2)c1. The second kappa shape index (κ2) is 7.70. The van der Waals surface area contributed by atoms with E-state index >= 15 is 0 Å². The normalized spacial score (nSPS) is 16.4. The Morgan fingerprint density at radius 1 is 1.17 bits per heavy atom. The maximum absolute atomic E-state index is 13.8. The van der Waals surface area contributed by atoms with Crippen LogP contribution in [-0.4, -0.2) is 28.1 Å². The number of carbonyl (C=O) groups excluding carboxylic acids is 2. The maximum atomic E-state index is 13.8. The first-order valence-corrected chi connectivity index (χ1v) is 9.53. The van der Waals surface area contributed by atoms with Crippen LogP contribution in [0.2, 0.25) is 0 Å². The molecule has 0 unspecified atom stereocenters. The second-order valence-electron chi connectivity index (χ2n) is 7.33. The van der Waals surface area contributed by atoms with Gasteiger partial charge in [0, 0.05) is 37.1 Å². The molecule has 1 aromatic heterocycles. The summed E-state index contributed by atoms with van der Waals surface area (Å²) in [7, 11) is 0. The summed E-state index contributed by atoms with van der Waals surface area (Å²) in [5, 5.41) is 9.84. The molecule has 2 amide bonds. The van der Waals surface area contributed by atoms with Gasteiger partial charge in [0.25, 0.3) is 5.92 Å². The molecule has 1 atom stereocenters. The molecule has 0 spiro atoms. The molecule has 1 saturated heterocycles. The van der Waals surface area contributed by atoms with Gasteiger partial charge in [-0.2, -0.15) is 0 Å². The third-order valence-corrected chi connectivity index (χ3v) is 4.97. The molecular weight excluding hydrogens is 390 g/mol.